The van der Waals surface area contributed by atoms with E-state index in [1.807, 2.05) is 18.2 Å². The average molecular weight is 444 g/mol. The van der Waals surface area contributed by atoms with Crippen molar-refractivity contribution in [3.05, 3.63) is 82.9 Å². The third-order valence-corrected chi connectivity index (χ3v) is 5.42. The summed E-state index contributed by atoms with van der Waals surface area (Å²) in [6, 6.07) is 12.9. The quantitative estimate of drug-likeness (QED) is 0.440. The second-order valence-corrected chi connectivity index (χ2v) is 8.83. The number of nitrogens with zero attached hydrogens (tertiary/aromatic N) is 1. The summed E-state index contributed by atoms with van der Waals surface area (Å²) in [6.45, 7) is 0. The Bertz CT molecular complexity index is 1400. The summed E-state index contributed by atoms with van der Waals surface area (Å²) in [6.07, 6.45) is 3.99. The zero-order valence-corrected chi connectivity index (χ0v) is 17.2. The maximum Gasteiger partial charge on any atom is 0.229 e. The lowest BCUT2D eigenvalue weighted by Crippen LogP contribution is -2.13. The van der Waals surface area contributed by atoms with Crippen LogP contribution in [0.2, 0.25) is 5.02 Å². The fourth-order valence-corrected chi connectivity index (χ4v) is 3.97. The molecule has 152 valence electrons. The highest BCUT2D eigenvalue weighted by molar-refractivity contribution is 7.92. The van der Waals surface area contributed by atoms with E-state index in [1.54, 1.807) is 18.3 Å². The molecule has 2 heterocycles. The summed E-state index contributed by atoms with van der Waals surface area (Å²) in [5, 5.41) is 1.03. The molecule has 2 aromatic heterocycles. The molecule has 2 N–H and O–H groups in total. The fourth-order valence-electron chi connectivity index (χ4n) is 3.16. The van der Waals surface area contributed by atoms with Gasteiger partial charge >= 0.3 is 0 Å². The van der Waals surface area contributed by atoms with Gasteiger partial charge < -0.3 is 4.98 Å². The molecule has 0 aliphatic rings. The molecule has 0 atom stereocenters. The minimum absolute atomic E-state index is 0.210. The van der Waals surface area contributed by atoms with Gasteiger partial charge in [0.2, 0.25) is 10.0 Å². The summed E-state index contributed by atoms with van der Waals surface area (Å²) < 4.78 is 39.8. The van der Waals surface area contributed by atoms with Crippen LogP contribution in [0.25, 0.3) is 22.2 Å². The molecule has 9 heteroatoms. The molecule has 0 aliphatic carbocycles. The van der Waals surface area contributed by atoms with Crippen molar-refractivity contribution in [3.63, 3.8) is 0 Å². The lowest BCUT2D eigenvalue weighted by Gasteiger charge is -2.09. The van der Waals surface area contributed by atoms with Crippen LogP contribution in [0.4, 0.5) is 10.1 Å². The molecule has 4 aromatic rings. The Morgan fingerprint density at radius 3 is 2.63 bits per heavy atom. The molecule has 0 unspecified atom stereocenters. The number of carbonyl (C=O) groups excluding carboxylic acids is 1. The van der Waals surface area contributed by atoms with Gasteiger partial charge in [-0.2, -0.15) is 0 Å². The predicted molar refractivity (Wildman–Crippen MR) is 115 cm³/mol. The Balaban J connectivity index is 1.81. The van der Waals surface area contributed by atoms with Crippen LogP contribution in [0.1, 0.15) is 15.9 Å². The molecule has 4 rings (SSSR count). The van der Waals surface area contributed by atoms with Crippen molar-refractivity contribution >= 4 is 44.1 Å². The van der Waals surface area contributed by atoms with E-state index in [0.29, 0.717) is 21.6 Å². The highest BCUT2D eigenvalue weighted by Crippen LogP contribution is 2.31. The van der Waals surface area contributed by atoms with E-state index in [1.165, 1.54) is 24.4 Å². The summed E-state index contributed by atoms with van der Waals surface area (Å²) >= 11 is 6.26. The van der Waals surface area contributed by atoms with E-state index in [4.69, 9.17) is 11.6 Å². The number of pyridine rings is 1. The third-order valence-electron chi connectivity index (χ3n) is 4.50. The number of fused-ring (bicyclic) bond motifs is 1. The van der Waals surface area contributed by atoms with Crippen LogP contribution in [-0.4, -0.2) is 30.4 Å². The van der Waals surface area contributed by atoms with E-state index in [-0.39, 0.29) is 16.8 Å². The van der Waals surface area contributed by atoms with Gasteiger partial charge in [-0.1, -0.05) is 35.9 Å². The smallest absolute Gasteiger partial charge is 0.229 e. The SMILES string of the molecule is CS(=O)(=O)Nc1cccc(C(=O)c2c[nH]c3ncc(-c4ccccc4Cl)cc23)c1F. The molecule has 0 spiro atoms. The van der Waals surface area contributed by atoms with Crippen molar-refractivity contribution in [2.45, 2.75) is 0 Å². The average Bonchev–Trinajstić information content (AvgIpc) is 3.11. The molecule has 0 aliphatic heterocycles. The van der Waals surface area contributed by atoms with Gasteiger partial charge in [-0.05, 0) is 24.3 Å². The fraction of sp³-hybridized carbons (Fsp3) is 0.0476. The van der Waals surface area contributed by atoms with Crippen molar-refractivity contribution in [2.24, 2.45) is 0 Å². The van der Waals surface area contributed by atoms with Crippen LogP contribution in [0, 0.1) is 5.82 Å². The molecular formula is C21H15ClFN3O3S. The number of rotatable bonds is 5. The predicted octanol–water partition coefficient (Wildman–Crippen LogP) is 4.62. The van der Waals surface area contributed by atoms with E-state index < -0.39 is 21.6 Å². The van der Waals surface area contributed by atoms with Crippen molar-refractivity contribution in [3.8, 4) is 11.1 Å². The lowest BCUT2D eigenvalue weighted by molar-refractivity contribution is 0.103. The third kappa shape index (κ3) is 3.79. The Kier molecular flexibility index (Phi) is 5.05. The first-order chi connectivity index (χ1) is 14.2. The van der Waals surface area contributed by atoms with Crippen LogP contribution < -0.4 is 4.72 Å². The normalized spacial score (nSPS) is 11.6. The van der Waals surface area contributed by atoms with Gasteiger partial charge in [0.05, 0.1) is 17.5 Å². The van der Waals surface area contributed by atoms with Crippen molar-refractivity contribution in [1.29, 1.82) is 0 Å². The van der Waals surface area contributed by atoms with Gasteiger partial charge in [0.25, 0.3) is 0 Å². The number of benzene rings is 2. The second-order valence-electron chi connectivity index (χ2n) is 6.67. The number of anilines is 1. The first-order valence-electron chi connectivity index (χ1n) is 8.77. The van der Waals surface area contributed by atoms with Gasteiger partial charge in [0, 0.05) is 39.5 Å². The number of aromatic amines is 1. The van der Waals surface area contributed by atoms with Crippen molar-refractivity contribution < 1.29 is 17.6 Å². The number of halogens is 2. The maximum atomic E-state index is 14.9. The number of carbonyl (C=O) groups is 1. The Hall–Kier alpha value is -3.23. The van der Waals surface area contributed by atoms with Gasteiger partial charge in [-0.25, -0.2) is 17.8 Å². The van der Waals surface area contributed by atoms with E-state index in [0.717, 1.165) is 11.8 Å². The number of nitrogens with one attached hydrogen (secondary N) is 2. The Labute approximate surface area is 176 Å². The lowest BCUT2D eigenvalue weighted by atomic mass is 10.0. The zero-order valence-electron chi connectivity index (χ0n) is 15.6. The van der Waals surface area contributed by atoms with Crippen LogP contribution in [0.15, 0.2) is 60.9 Å². The summed E-state index contributed by atoms with van der Waals surface area (Å²) in [4.78, 5) is 20.3. The Morgan fingerprint density at radius 1 is 1.13 bits per heavy atom. The molecule has 0 amide bonds. The minimum atomic E-state index is -3.70. The minimum Gasteiger partial charge on any atom is -0.345 e. The molecule has 0 fully saturated rings. The van der Waals surface area contributed by atoms with Gasteiger partial charge in [0.15, 0.2) is 11.6 Å². The zero-order chi connectivity index (χ0) is 21.5. The molecular weight excluding hydrogens is 429 g/mol. The Morgan fingerprint density at radius 2 is 1.90 bits per heavy atom. The molecule has 0 saturated heterocycles. The van der Waals surface area contributed by atoms with Crippen molar-refractivity contribution in [2.75, 3.05) is 11.0 Å². The van der Waals surface area contributed by atoms with Gasteiger partial charge in [-0.3, -0.25) is 9.52 Å². The highest BCUT2D eigenvalue weighted by Gasteiger charge is 2.21. The summed E-state index contributed by atoms with van der Waals surface area (Å²) in [7, 11) is -3.70. The molecule has 2 aromatic carbocycles. The first-order valence-corrected chi connectivity index (χ1v) is 11.0. The number of hydrogen-bond acceptors (Lipinski definition) is 4. The van der Waals surface area contributed by atoms with Crippen molar-refractivity contribution in [1.82, 2.24) is 9.97 Å². The number of sulfonamides is 1. The molecule has 0 radical (unpaired) electrons. The number of aromatic nitrogens is 2. The largest absolute Gasteiger partial charge is 0.345 e. The number of H-pyrrole nitrogens is 1. The topological polar surface area (TPSA) is 91.9 Å². The van der Waals surface area contributed by atoms with E-state index in [2.05, 4.69) is 14.7 Å². The number of ketones is 1. The number of hydrogen-bond donors (Lipinski definition) is 2. The second kappa shape index (κ2) is 7.55. The van der Waals surface area contributed by atoms with Crippen LogP contribution in [-0.2, 0) is 10.0 Å². The van der Waals surface area contributed by atoms with E-state index in [9.17, 15) is 17.6 Å². The van der Waals surface area contributed by atoms with Gasteiger partial charge in [-0.15, -0.1) is 0 Å². The first kappa shape index (κ1) is 20.1. The maximum absolute atomic E-state index is 14.9. The van der Waals surface area contributed by atoms with Gasteiger partial charge in [0.1, 0.15) is 5.65 Å². The highest BCUT2D eigenvalue weighted by atomic mass is 35.5. The van der Waals surface area contributed by atoms with E-state index >= 15 is 0 Å². The molecule has 0 bridgehead atoms. The van der Waals surface area contributed by atoms with Crippen LogP contribution in [0.3, 0.4) is 0 Å². The molecule has 30 heavy (non-hydrogen) atoms. The van der Waals surface area contributed by atoms with Crippen LogP contribution in [0.5, 0.6) is 0 Å². The van der Waals surface area contributed by atoms with Crippen LogP contribution >= 0.6 is 11.6 Å². The molecule has 6 nitrogen and oxygen atoms in total. The summed E-state index contributed by atoms with van der Waals surface area (Å²) in [5.41, 5.74) is 1.57. The summed E-state index contributed by atoms with van der Waals surface area (Å²) in [5.74, 6) is -1.55. The standard InChI is InChI=1S/C21H15ClFN3O3S/c1-30(28,29)26-18-8-4-6-14(19(18)23)20(27)16-11-25-21-15(16)9-12(10-24-21)13-5-2-3-7-17(13)22/h2-11,26H,1H3,(H,24,25). The molecule has 0 saturated carbocycles. The monoisotopic (exact) mass is 443 g/mol.